The molecule has 0 fully saturated rings. The molecule has 1 N–H and O–H groups in total. The highest BCUT2D eigenvalue weighted by Crippen LogP contribution is 2.40. The molecule has 0 saturated carbocycles. The summed E-state index contributed by atoms with van der Waals surface area (Å²) < 4.78 is 11.6. The first-order valence-electron chi connectivity index (χ1n) is 11.8. The summed E-state index contributed by atoms with van der Waals surface area (Å²) in [6, 6.07) is 21.1. The SMILES string of the molecule is COc1cccc2c1CN(CC(=O)N1c3ccccc3OCC1c1ccc(NC(C)=O)cc1)CC2. The van der Waals surface area contributed by atoms with Gasteiger partial charge in [0.05, 0.1) is 25.4 Å². The van der Waals surface area contributed by atoms with Crippen LogP contribution in [0.2, 0.25) is 0 Å². The van der Waals surface area contributed by atoms with Crippen molar-refractivity contribution < 1.29 is 19.1 Å². The molecule has 0 spiro atoms. The standard InChI is InChI=1S/C28H29N3O4/c1-19(32)29-22-12-10-21(11-13-22)25-18-35-27-8-4-3-7-24(27)31(25)28(33)17-30-15-14-20-6-5-9-26(34-2)23(20)16-30/h3-13,25H,14-18H2,1-2H3,(H,29,32). The lowest BCUT2D eigenvalue weighted by molar-refractivity contribution is -0.121. The lowest BCUT2D eigenvalue weighted by Crippen LogP contribution is -2.47. The Balaban J connectivity index is 1.41. The van der Waals surface area contributed by atoms with Gasteiger partial charge in [-0.05, 0) is 47.9 Å². The first kappa shape index (κ1) is 22.9. The molecule has 2 amide bonds. The number of rotatable bonds is 5. The van der Waals surface area contributed by atoms with E-state index in [1.54, 1.807) is 7.11 Å². The van der Waals surface area contributed by atoms with Crippen molar-refractivity contribution in [1.29, 1.82) is 0 Å². The van der Waals surface area contributed by atoms with Gasteiger partial charge in [-0.1, -0.05) is 36.4 Å². The number of amides is 2. The zero-order valence-corrected chi connectivity index (χ0v) is 20.0. The summed E-state index contributed by atoms with van der Waals surface area (Å²) >= 11 is 0. The van der Waals surface area contributed by atoms with Crippen LogP contribution >= 0.6 is 0 Å². The molecular formula is C28H29N3O4. The van der Waals surface area contributed by atoms with Crippen LogP contribution in [0.15, 0.2) is 66.7 Å². The van der Waals surface area contributed by atoms with E-state index in [-0.39, 0.29) is 17.9 Å². The molecule has 7 heteroatoms. The van der Waals surface area contributed by atoms with Gasteiger partial charge in [0.1, 0.15) is 18.1 Å². The number of ether oxygens (including phenoxy) is 2. The highest BCUT2D eigenvalue weighted by molar-refractivity contribution is 5.97. The third kappa shape index (κ3) is 4.72. The smallest absolute Gasteiger partial charge is 0.241 e. The monoisotopic (exact) mass is 471 g/mol. The Morgan fingerprint density at radius 2 is 1.86 bits per heavy atom. The van der Waals surface area contributed by atoms with E-state index in [1.165, 1.54) is 12.5 Å². The average molecular weight is 472 g/mol. The summed E-state index contributed by atoms with van der Waals surface area (Å²) in [5.41, 5.74) is 4.88. The van der Waals surface area contributed by atoms with Crippen molar-refractivity contribution in [2.24, 2.45) is 0 Å². The molecule has 7 nitrogen and oxygen atoms in total. The van der Waals surface area contributed by atoms with Crippen LogP contribution in [0, 0.1) is 0 Å². The van der Waals surface area contributed by atoms with Crippen LogP contribution in [-0.2, 0) is 22.6 Å². The molecule has 2 heterocycles. The third-order valence-electron chi connectivity index (χ3n) is 6.61. The van der Waals surface area contributed by atoms with Gasteiger partial charge in [0, 0.05) is 31.3 Å². The van der Waals surface area contributed by atoms with Crippen LogP contribution in [-0.4, -0.2) is 43.5 Å². The predicted molar refractivity (Wildman–Crippen MR) is 135 cm³/mol. The maximum atomic E-state index is 13.8. The number of para-hydroxylation sites is 2. The zero-order valence-electron chi connectivity index (χ0n) is 20.0. The number of nitrogens with one attached hydrogen (secondary N) is 1. The zero-order chi connectivity index (χ0) is 24.4. The van der Waals surface area contributed by atoms with E-state index in [1.807, 2.05) is 65.6 Å². The minimum atomic E-state index is -0.268. The minimum Gasteiger partial charge on any atom is -0.496 e. The molecule has 0 radical (unpaired) electrons. The lowest BCUT2D eigenvalue weighted by atomic mass is 9.98. The van der Waals surface area contributed by atoms with Crippen molar-refractivity contribution in [2.75, 3.05) is 37.0 Å². The van der Waals surface area contributed by atoms with Gasteiger partial charge in [0.15, 0.2) is 0 Å². The average Bonchev–Trinajstić information content (AvgIpc) is 2.87. The van der Waals surface area contributed by atoms with Gasteiger partial charge < -0.3 is 14.8 Å². The summed E-state index contributed by atoms with van der Waals surface area (Å²) in [7, 11) is 1.69. The van der Waals surface area contributed by atoms with E-state index in [4.69, 9.17) is 9.47 Å². The van der Waals surface area contributed by atoms with E-state index in [0.29, 0.717) is 25.4 Å². The molecule has 2 aliphatic heterocycles. The topological polar surface area (TPSA) is 71.1 Å². The van der Waals surface area contributed by atoms with Crippen molar-refractivity contribution >= 4 is 23.2 Å². The molecule has 5 rings (SSSR count). The largest absolute Gasteiger partial charge is 0.496 e. The molecule has 1 atom stereocenters. The Kier molecular flexibility index (Phi) is 6.42. The number of nitrogens with zero attached hydrogens (tertiary/aromatic N) is 2. The fraction of sp³-hybridized carbons (Fsp3) is 0.286. The number of benzene rings is 3. The molecule has 1 unspecified atom stereocenters. The number of anilines is 2. The van der Waals surface area contributed by atoms with Crippen LogP contribution in [0.4, 0.5) is 11.4 Å². The van der Waals surface area contributed by atoms with Crippen molar-refractivity contribution in [3.8, 4) is 11.5 Å². The van der Waals surface area contributed by atoms with E-state index >= 15 is 0 Å². The van der Waals surface area contributed by atoms with Crippen molar-refractivity contribution in [1.82, 2.24) is 4.90 Å². The highest BCUT2D eigenvalue weighted by atomic mass is 16.5. The van der Waals surface area contributed by atoms with Crippen LogP contribution in [0.1, 0.15) is 29.7 Å². The van der Waals surface area contributed by atoms with E-state index < -0.39 is 0 Å². The summed E-state index contributed by atoms with van der Waals surface area (Å²) in [6.07, 6.45) is 0.882. The number of hydrogen-bond acceptors (Lipinski definition) is 5. The molecule has 0 aliphatic carbocycles. The third-order valence-corrected chi connectivity index (χ3v) is 6.61. The second-order valence-corrected chi connectivity index (χ2v) is 8.92. The number of fused-ring (bicyclic) bond motifs is 2. The van der Waals surface area contributed by atoms with Crippen LogP contribution in [0.25, 0.3) is 0 Å². The van der Waals surface area contributed by atoms with Crippen molar-refractivity contribution in [3.63, 3.8) is 0 Å². The lowest BCUT2D eigenvalue weighted by Gasteiger charge is -2.39. The Bertz CT molecular complexity index is 1230. The highest BCUT2D eigenvalue weighted by Gasteiger charge is 2.34. The fourth-order valence-corrected chi connectivity index (χ4v) is 4.93. The Morgan fingerprint density at radius 3 is 2.63 bits per heavy atom. The van der Waals surface area contributed by atoms with Gasteiger partial charge in [-0.25, -0.2) is 0 Å². The van der Waals surface area contributed by atoms with Crippen LogP contribution < -0.4 is 19.7 Å². The minimum absolute atomic E-state index is 0.0232. The van der Waals surface area contributed by atoms with Gasteiger partial charge >= 0.3 is 0 Å². The second-order valence-electron chi connectivity index (χ2n) is 8.92. The van der Waals surface area contributed by atoms with Crippen LogP contribution in [0.5, 0.6) is 11.5 Å². The first-order valence-corrected chi connectivity index (χ1v) is 11.8. The molecular weight excluding hydrogens is 442 g/mol. The second kappa shape index (κ2) is 9.80. The number of methoxy groups -OCH3 is 1. The normalized spacial score (nSPS) is 17.1. The predicted octanol–water partition coefficient (Wildman–Crippen LogP) is 4.18. The van der Waals surface area contributed by atoms with Gasteiger partial charge in [-0.2, -0.15) is 0 Å². The number of hydrogen-bond donors (Lipinski definition) is 1. The van der Waals surface area contributed by atoms with Crippen molar-refractivity contribution in [3.05, 3.63) is 83.4 Å². The number of carbonyl (C=O) groups excluding carboxylic acids is 2. The quantitative estimate of drug-likeness (QED) is 0.605. The van der Waals surface area contributed by atoms with E-state index in [9.17, 15) is 9.59 Å². The molecule has 0 aromatic heterocycles. The van der Waals surface area contributed by atoms with E-state index in [2.05, 4.69) is 16.3 Å². The fourth-order valence-electron chi connectivity index (χ4n) is 4.93. The first-order chi connectivity index (χ1) is 17.0. The molecule has 3 aromatic carbocycles. The Hall–Kier alpha value is -3.84. The molecule has 180 valence electrons. The summed E-state index contributed by atoms with van der Waals surface area (Å²) in [5.74, 6) is 1.48. The summed E-state index contributed by atoms with van der Waals surface area (Å²) in [4.78, 5) is 29.3. The summed E-state index contributed by atoms with van der Waals surface area (Å²) in [6.45, 7) is 3.63. The molecule has 0 saturated heterocycles. The summed E-state index contributed by atoms with van der Waals surface area (Å²) in [5, 5.41) is 2.79. The van der Waals surface area contributed by atoms with Gasteiger partial charge in [-0.3, -0.25) is 19.4 Å². The molecule has 3 aromatic rings. The maximum Gasteiger partial charge on any atom is 0.241 e. The van der Waals surface area contributed by atoms with Crippen molar-refractivity contribution in [2.45, 2.75) is 25.9 Å². The van der Waals surface area contributed by atoms with Gasteiger partial charge in [0.2, 0.25) is 11.8 Å². The Morgan fingerprint density at radius 1 is 1.06 bits per heavy atom. The Labute approximate surface area is 205 Å². The molecule has 2 aliphatic rings. The van der Waals surface area contributed by atoms with E-state index in [0.717, 1.165) is 41.2 Å². The maximum absolute atomic E-state index is 13.8. The number of carbonyl (C=O) groups is 2. The molecule has 35 heavy (non-hydrogen) atoms. The van der Waals surface area contributed by atoms with Gasteiger partial charge in [-0.15, -0.1) is 0 Å². The van der Waals surface area contributed by atoms with Crippen LogP contribution in [0.3, 0.4) is 0 Å². The molecule has 0 bridgehead atoms. The van der Waals surface area contributed by atoms with Gasteiger partial charge in [0.25, 0.3) is 0 Å².